The zero-order chi connectivity index (χ0) is 33.5. The van der Waals surface area contributed by atoms with Gasteiger partial charge in [0.25, 0.3) is 0 Å². The Kier molecular flexibility index (Phi) is 14.8. The van der Waals surface area contributed by atoms with Crippen LogP contribution in [0.15, 0.2) is 54.6 Å². The van der Waals surface area contributed by atoms with E-state index in [0.29, 0.717) is 5.56 Å². The van der Waals surface area contributed by atoms with Crippen LogP contribution in [-0.2, 0) is 46.5 Å². The average Bonchev–Trinajstić information content (AvgIpc) is 3.02. The third kappa shape index (κ3) is 12.5. The molecule has 2 amide bonds. The van der Waals surface area contributed by atoms with Crippen molar-refractivity contribution >= 4 is 35.3 Å². The van der Waals surface area contributed by atoms with Crippen molar-refractivity contribution in [2.45, 2.75) is 65.1 Å². The number of aromatic hydroxyl groups is 1. The molecule has 45 heavy (non-hydrogen) atoms. The van der Waals surface area contributed by atoms with E-state index < -0.39 is 78.8 Å². The van der Waals surface area contributed by atoms with Crippen LogP contribution in [0.25, 0.3) is 0 Å². The minimum atomic E-state index is -1.35. The number of nitrogens with one attached hydrogen (secondary N) is 2. The maximum atomic E-state index is 13.6. The molecule has 0 aliphatic heterocycles. The molecule has 2 aromatic carbocycles. The number of carbonyl (C=O) groups excluding carboxylic acids is 6. The highest BCUT2D eigenvalue weighted by molar-refractivity contribution is 5.96. The van der Waals surface area contributed by atoms with Crippen molar-refractivity contribution in [2.75, 3.05) is 13.8 Å². The minimum absolute atomic E-state index is 0.0207. The number of rotatable bonds is 18. The third-order valence-electron chi connectivity index (χ3n) is 7.35. The molecule has 0 saturated carbocycles. The van der Waals surface area contributed by atoms with Gasteiger partial charge < -0.3 is 25.2 Å². The first kappa shape index (κ1) is 36.6. The van der Waals surface area contributed by atoms with Crippen LogP contribution in [-0.4, -0.2) is 66.3 Å². The van der Waals surface area contributed by atoms with Gasteiger partial charge in [0.2, 0.25) is 5.91 Å². The lowest BCUT2D eigenvalue weighted by Crippen LogP contribution is -2.47. The largest absolute Gasteiger partial charge is 0.508 e. The molecular formula is C33H41FN2O9. The van der Waals surface area contributed by atoms with Crippen molar-refractivity contribution in [1.82, 2.24) is 10.6 Å². The van der Waals surface area contributed by atoms with Crippen LogP contribution in [0.4, 0.5) is 9.18 Å². The van der Waals surface area contributed by atoms with E-state index in [0.717, 1.165) is 12.7 Å². The number of benzene rings is 2. The fourth-order valence-electron chi connectivity index (χ4n) is 4.52. The molecule has 4 atom stereocenters. The van der Waals surface area contributed by atoms with Gasteiger partial charge in [0, 0.05) is 24.7 Å². The molecule has 0 aliphatic carbocycles. The Hall–Kier alpha value is -4.61. The second-order valence-corrected chi connectivity index (χ2v) is 11.1. The normalized spacial score (nSPS) is 13.6. The Morgan fingerprint density at radius 1 is 0.800 bits per heavy atom. The molecule has 2 rings (SSSR count). The molecule has 0 aliphatic rings. The molecule has 0 fully saturated rings. The van der Waals surface area contributed by atoms with E-state index in [1.165, 1.54) is 19.1 Å². The van der Waals surface area contributed by atoms with Crippen molar-refractivity contribution in [3.8, 4) is 5.75 Å². The Morgan fingerprint density at radius 2 is 1.44 bits per heavy atom. The highest BCUT2D eigenvalue weighted by atomic mass is 19.1. The van der Waals surface area contributed by atoms with Crippen LogP contribution >= 0.6 is 0 Å². The molecular weight excluding hydrogens is 587 g/mol. The van der Waals surface area contributed by atoms with Gasteiger partial charge in [-0.1, -0.05) is 56.3 Å². The number of Topliss-reactive ketones (excluding diaryl/α,β-unsaturated/α-hetero) is 3. The Bertz CT molecular complexity index is 1320. The monoisotopic (exact) mass is 628 g/mol. The number of alkyl carbamates (subject to hydrolysis) is 1. The van der Waals surface area contributed by atoms with Crippen molar-refractivity contribution in [2.24, 2.45) is 17.8 Å². The molecule has 4 unspecified atom stereocenters. The first-order valence-electron chi connectivity index (χ1n) is 14.6. The van der Waals surface area contributed by atoms with Crippen LogP contribution in [0.1, 0.15) is 51.2 Å². The van der Waals surface area contributed by atoms with Gasteiger partial charge in [-0.15, -0.1) is 0 Å². The SMILES string of the molecule is COC(=O)CC(CC(=O)C(C)NC(=O)C(CC(=O)C(Cc1ccc(O)cc1)NC(=O)OCc1ccccc1)C(C)C)C(=O)CF. The van der Waals surface area contributed by atoms with Gasteiger partial charge in [0.05, 0.1) is 25.6 Å². The number of carbonyl (C=O) groups is 6. The lowest BCUT2D eigenvalue weighted by atomic mass is 9.86. The summed E-state index contributed by atoms with van der Waals surface area (Å²) >= 11 is 0. The minimum Gasteiger partial charge on any atom is -0.508 e. The van der Waals surface area contributed by atoms with Crippen molar-refractivity contribution in [3.05, 3.63) is 65.7 Å². The second kappa shape index (κ2) is 18.3. The van der Waals surface area contributed by atoms with Gasteiger partial charge in [-0.2, -0.15) is 0 Å². The number of hydrogen-bond donors (Lipinski definition) is 3. The highest BCUT2D eigenvalue weighted by Gasteiger charge is 2.33. The maximum Gasteiger partial charge on any atom is 0.408 e. The Morgan fingerprint density at radius 3 is 2.02 bits per heavy atom. The third-order valence-corrected chi connectivity index (χ3v) is 7.35. The molecule has 12 heteroatoms. The van der Waals surface area contributed by atoms with Gasteiger partial charge >= 0.3 is 12.1 Å². The van der Waals surface area contributed by atoms with E-state index in [-0.39, 0.29) is 31.1 Å². The molecule has 2 aromatic rings. The predicted octanol–water partition coefficient (Wildman–Crippen LogP) is 3.64. The molecule has 244 valence electrons. The summed E-state index contributed by atoms with van der Waals surface area (Å²) in [7, 11) is 1.11. The number of esters is 1. The van der Waals surface area contributed by atoms with Gasteiger partial charge in [-0.05, 0) is 42.5 Å². The zero-order valence-electron chi connectivity index (χ0n) is 25.9. The molecule has 0 aromatic heterocycles. The van der Waals surface area contributed by atoms with E-state index in [4.69, 9.17) is 4.74 Å². The van der Waals surface area contributed by atoms with Crippen LogP contribution in [0.5, 0.6) is 5.75 Å². The van der Waals surface area contributed by atoms with E-state index in [9.17, 15) is 38.3 Å². The topological polar surface area (TPSA) is 165 Å². The average molecular weight is 629 g/mol. The number of alkyl halides is 1. The molecule has 0 spiro atoms. The summed E-state index contributed by atoms with van der Waals surface area (Å²) in [4.78, 5) is 75.9. The second-order valence-electron chi connectivity index (χ2n) is 11.1. The Balaban J connectivity index is 2.13. The Labute approximate surface area is 261 Å². The van der Waals surface area contributed by atoms with Crippen molar-refractivity contribution < 1.29 is 47.7 Å². The summed E-state index contributed by atoms with van der Waals surface area (Å²) in [5, 5.41) is 14.8. The fourth-order valence-corrected chi connectivity index (χ4v) is 4.52. The molecule has 0 radical (unpaired) electrons. The summed E-state index contributed by atoms with van der Waals surface area (Å²) in [5.74, 6) is -5.80. The lowest BCUT2D eigenvalue weighted by molar-refractivity contribution is -0.144. The smallest absolute Gasteiger partial charge is 0.408 e. The molecule has 3 N–H and O–H groups in total. The first-order chi connectivity index (χ1) is 21.3. The van der Waals surface area contributed by atoms with Crippen LogP contribution in [0.3, 0.4) is 0 Å². The van der Waals surface area contributed by atoms with E-state index >= 15 is 0 Å². The number of amides is 2. The van der Waals surface area contributed by atoms with E-state index in [1.54, 1.807) is 50.2 Å². The maximum absolute atomic E-state index is 13.6. The van der Waals surface area contributed by atoms with Crippen LogP contribution < -0.4 is 10.6 Å². The van der Waals surface area contributed by atoms with E-state index in [2.05, 4.69) is 15.4 Å². The van der Waals surface area contributed by atoms with E-state index in [1.807, 2.05) is 6.07 Å². The van der Waals surface area contributed by atoms with Crippen molar-refractivity contribution in [3.63, 3.8) is 0 Å². The molecule has 0 bridgehead atoms. The lowest BCUT2D eigenvalue weighted by Gasteiger charge is -2.25. The standard InChI is InChI=1S/C33H41FN2O9/c1-20(2)26(32(42)35-21(3)28(38)15-24(30(40)18-34)16-31(41)44-4)17-29(39)27(14-22-10-12-25(37)13-11-22)36-33(43)45-19-23-8-6-5-7-9-23/h5-13,20-21,24,26-27,37H,14-19H2,1-4H3,(H,35,42)(H,36,43). The van der Waals surface area contributed by atoms with Gasteiger partial charge in [0.1, 0.15) is 19.0 Å². The number of halogens is 1. The van der Waals surface area contributed by atoms with Crippen LogP contribution in [0.2, 0.25) is 0 Å². The summed E-state index contributed by atoms with van der Waals surface area (Å²) in [6, 6.07) is 12.9. The molecule has 11 nitrogen and oxygen atoms in total. The number of phenolic OH excluding ortho intramolecular Hbond substituents is 1. The van der Waals surface area contributed by atoms with Gasteiger partial charge in [-0.25, -0.2) is 9.18 Å². The van der Waals surface area contributed by atoms with Gasteiger partial charge in [-0.3, -0.25) is 24.0 Å². The van der Waals surface area contributed by atoms with Crippen LogP contribution in [0, 0.1) is 17.8 Å². The number of ketones is 3. The summed E-state index contributed by atoms with van der Waals surface area (Å²) in [6.45, 7) is 3.48. The summed E-state index contributed by atoms with van der Waals surface area (Å²) in [5.41, 5.74) is 1.39. The predicted molar refractivity (Wildman–Crippen MR) is 162 cm³/mol. The van der Waals surface area contributed by atoms with Gasteiger partial charge in [0.15, 0.2) is 17.3 Å². The number of methoxy groups -OCH3 is 1. The first-order valence-corrected chi connectivity index (χ1v) is 14.6. The number of hydrogen-bond acceptors (Lipinski definition) is 9. The molecule has 0 heterocycles. The summed E-state index contributed by atoms with van der Waals surface area (Å²) in [6.07, 6.45) is -2.00. The quantitative estimate of drug-likeness (QED) is 0.209. The zero-order valence-corrected chi connectivity index (χ0v) is 25.9. The summed E-state index contributed by atoms with van der Waals surface area (Å²) < 4.78 is 22.9. The highest BCUT2D eigenvalue weighted by Crippen LogP contribution is 2.20. The number of ether oxygens (including phenoxy) is 2. The number of phenols is 1. The van der Waals surface area contributed by atoms with Crippen molar-refractivity contribution in [1.29, 1.82) is 0 Å². The molecule has 0 saturated heterocycles. The fraction of sp³-hybridized carbons (Fsp3) is 0.455.